The van der Waals surface area contributed by atoms with E-state index >= 15 is 0 Å². The van der Waals surface area contributed by atoms with Crippen LogP contribution in [-0.4, -0.2) is 5.52 Å². The molecule has 57 valence electrons. The molecule has 0 aliphatic carbocycles. The van der Waals surface area contributed by atoms with Gasteiger partial charge < -0.3 is 0 Å². The van der Waals surface area contributed by atoms with Gasteiger partial charge in [0.2, 0.25) is 0 Å². The highest BCUT2D eigenvalue weighted by Crippen LogP contribution is 2.30. The van der Waals surface area contributed by atoms with Crippen LogP contribution in [0.2, 0.25) is 0 Å². The highest BCUT2D eigenvalue weighted by atomic mass is 32.0. The summed E-state index contributed by atoms with van der Waals surface area (Å²) >= 11 is 0. The molecular formula is C7H7O2P2. The van der Waals surface area contributed by atoms with Crippen LogP contribution >= 0.6 is 16.4 Å². The van der Waals surface area contributed by atoms with Crippen molar-refractivity contribution in [1.82, 2.24) is 0 Å². The summed E-state index contributed by atoms with van der Waals surface area (Å²) in [5.41, 5.74) is 0.619. The molecule has 11 heavy (non-hydrogen) atoms. The van der Waals surface area contributed by atoms with Crippen molar-refractivity contribution in [2.45, 2.75) is 0 Å². The van der Waals surface area contributed by atoms with E-state index in [-0.39, 0.29) is 13.8 Å². The SMILES string of the molecule is O=[PH]PC(=O)c1ccccc1. The Morgan fingerprint density at radius 1 is 1.18 bits per heavy atom. The molecule has 0 aliphatic heterocycles. The van der Waals surface area contributed by atoms with E-state index in [4.69, 9.17) is 0 Å². The van der Waals surface area contributed by atoms with Gasteiger partial charge in [0.25, 0.3) is 0 Å². The smallest absolute Gasteiger partial charge is 0.191 e. The fourth-order valence-corrected chi connectivity index (χ4v) is 1.82. The molecule has 1 rings (SSSR count). The van der Waals surface area contributed by atoms with E-state index < -0.39 is 8.15 Å². The van der Waals surface area contributed by atoms with Gasteiger partial charge >= 0.3 is 0 Å². The predicted molar refractivity (Wildman–Crippen MR) is 48.1 cm³/mol. The zero-order valence-electron chi connectivity index (χ0n) is 5.70. The van der Waals surface area contributed by atoms with Gasteiger partial charge in [0.05, 0.1) is 8.15 Å². The second-order valence-electron chi connectivity index (χ2n) is 1.92. The standard InChI is InChI=1S/C7H7O2P2/c8-7(10-11-9)6-4-2-1-3-5-6/h1-5,10-11H. The molecule has 1 aromatic rings. The van der Waals surface area contributed by atoms with Crippen molar-refractivity contribution < 1.29 is 9.36 Å². The van der Waals surface area contributed by atoms with Crippen molar-refractivity contribution in [2.75, 3.05) is 0 Å². The van der Waals surface area contributed by atoms with Crippen molar-refractivity contribution in [1.29, 1.82) is 0 Å². The summed E-state index contributed by atoms with van der Waals surface area (Å²) in [6.07, 6.45) is 0. The summed E-state index contributed by atoms with van der Waals surface area (Å²) in [5, 5.41) is 0. The lowest BCUT2D eigenvalue weighted by Gasteiger charge is -1.93. The van der Waals surface area contributed by atoms with Gasteiger partial charge in [-0.25, -0.2) is 0 Å². The maximum Gasteiger partial charge on any atom is 0.191 e. The summed E-state index contributed by atoms with van der Waals surface area (Å²) in [7, 11) is -0.609. The Balaban J connectivity index is 2.77. The fourth-order valence-electron chi connectivity index (χ4n) is 0.708. The Kier molecular flexibility index (Phi) is 3.35. The number of carbonyl (C=O) groups is 1. The van der Waals surface area contributed by atoms with Gasteiger partial charge in [-0.15, -0.1) is 0 Å². The van der Waals surface area contributed by atoms with Crippen LogP contribution in [0.1, 0.15) is 10.4 Å². The lowest BCUT2D eigenvalue weighted by atomic mass is 10.2. The molecule has 4 heteroatoms. The van der Waals surface area contributed by atoms with Crippen LogP contribution in [0.3, 0.4) is 0 Å². The average molecular weight is 185 g/mol. The molecule has 0 saturated heterocycles. The van der Waals surface area contributed by atoms with Crippen molar-refractivity contribution in [3.8, 4) is 0 Å². The van der Waals surface area contributed by atoms with E-state index in [9.17, 15) is 9.36 Å². The first-order valence-corrected chi connectivity index (χ1v) is 5.98. The minimum Gasteiger partial charge on any atom is -0.289 e. The van der Waals surface area contributed by atoms with Crippen molar-refractivity contribution in [3.05, 3.63) is 35.9 Å². The van der Waals surface area contributed by atoms with Crippen LogP contribution < -0.4 is 0 Å². The third kappa shape index (κ3) is 2.49. The van der Waals surface area contributed by atoms with Crippen LogP contribution in [0.25, 0.3) is 0 Å². The summed E-state index contributed by atoms with van der Waals surface area (Å²) in [6, 6.07) is 8.90. The Morgan fingerprint density at radius 3 is 2.36 bits per heavy atom. The molecule has 2 unspecified atom stereocenters. The fraction of sp³-hybridized carbons (Fsp3) is 0. The normalized spacial score (nSPS) is 10.9. The van der Waals surface area contributed by atoms with Crippen molar-refractivity contribution in [2.24, 2.45) is 0 Å². The summed E-state index contributed by atoms with van der Waals surface area (Å²) in [4.78, 5) is 11.1. The molecule has 0 spiro atoms. The van der Waals surface area contributed by atoms with Crippen LogP contribution in [0.4, 0.5) is 0 Å². The molecular weight excluding hydrogens is 178 g/mol. The van der Waals surface area contributed by atoms with E-state index in [1.54, 1.807) is 24.3 Å². The maximum absolute atomic E-state index is 11.1. The monoisotopic (exact) mass is 185 g/mol. The van der Waals surface area contributed by atoms with E-state index in [0.717, 1.165) is 0 Å². The molecule has 0 heterocycles. The molecule has 0 fully saturated rings. The number of benzene rings is 1. The topological polar surface area (TPSA) is 34.1 Å². The number of hydrogen-bond acceptors (Lipinski definition) is 2. The molecule has 0 amide bonds. The van der Waals surface area contributed by atoms with Gasteiger partial charge in [-0.05, 0) is 0 Å². The van der Waals surface area contributed by atoms with Crippen molar-refractivity contribution >= 4 is 21.9 Å². The first-order chi connectivity index (χ1) is 5.34. The van der Waals surface area contributed by atoms with Crippen LogP contribution in [-0.2, 0) is 4.57 Å². The highest BCUT2D eigenvalue weighted by molar-refractivity contribution is 8.14. The molecule has 0 saturated carbocycles. The minimum absolute atomic E-state index is 0.0288. The Morgan fingerprint density at radius 2 is 1.82 bits per heavy atom. The molecule has 2 nitrogen and oxygen atoms in total. The largest absolute Gasteiger partial charge is 0.289 e. The van der Waals surface area contributed by atoms with Crippen LogP contribution in [0, 0.1) is 0 Å². The summed E-state index contributed by atoms with van der Waals surface area (Å²) < 4.78 is 10.1. The third-order valence-corrected chi connectivity index (χ3v) is 2.81. The lowest BCUT2D eigenvalue weighted by Crippen LogP contribution is -1.86. The molecule has 0 bridgehead atoms. The van der Waals surface area contributed by atoms with E-state index in [1.165, 1.54) is 0 Å². The molecule has 0 N–H and O–H groups in total. The van der Waals surface area contributed by atoms with Gasteiger partial charge in [-0.1, -0.05) is 30.3 Å². The first-order valence-electron chi connectivity index (χ1n) is 3.07. The van der Waals surface area contributed by atoms with E-state index in [0.29, 0.717) is 5.56 Å². The zero-order chi connectivity index (χ0) is 8.10. The molecule has 1 aromatic carbocycles. The van der Waals surface area contributed by atoms with Gasteiger partial charge in [0.15, 0.2) is 5.52 Å². The second-order valence-corrected chi connectivity index (χ2v) is 4.19. The molecule has 0 aromatic heterocycles. The van der Waals surface area contributed by atoms with E-state index in [1.807, 2.05) is 6.07 Å². The minimum atomic E-state index is -0.508. The van der Waals surface area contributed by atoms with Gasteiger partial charge in [0.1, 0.15) is 0 Å². The maximum atomic E-state index is 11.1. The zero-order valence-corrected chi connectivity index (χ0v) is 7.70. The van der Waals surface area contributed by atoms with Gasteiger partial charge in [-0.2, -0.15) is 0 Å². The summed E-state index contributed by atoms with van der Waals surface area (Å²) in [5.74, 6) is 0. The van der Waals surface area contributed by atoms with E-state index in [2.05, 4.69) is 0 Å². The highest BCUT2D eigenvalue weighted by Gasteiger charge is 2.01. The third-order valence-electron chi connectivity index (χ3n) is 1.20. The Labute approximate surface area is 67.9 Å². The van der Waals surface area contributed by atoms with Crippen LogP contribution in [0.15, 0.2) is 30.3 Å². The number of carbonyl (C=O) groups excluding carboxylic acids is 1. The second kappa shape index (κ2) is 4.33. The van der Waals surface area contributed by atoms with Crippen LogP contribution in [0.5, 0.6) is 0 Å². The average Bonchev–Trinajstić information content (AvgIpc) is 2.07. The Bertz CT molecular complexity index is 258. The molecule has 2 atom stereocenters. The van der Waals surface area contributed by atoms with Gasteiger partial charge in [-0.3, -0.25) is 9.36 Å². The van der Waals surface area contributed by atoms with Gasteiger partial charge in [0, 0.05) is 13.8 Å². The quantitative estimate of drug-likeness (QED) is 0.677. The molecule has 0 aliphatic rings. The van der Waals surface area contributed by atoms with Crippen molar-refractivity contribution in [3.63, 3.8) is 0 Å². The first kappa shape index (κ1) is 8.52. The molecule has 1 radical (unpaired) electrons. The lowest BCUT2D eigenvalue weighted by molar-refractivity contribution is 0.108. The predicted octanol–water partition coefficient (Wildman–Crippen LogP) is 2.44. The Hall–Kier alpha value is -0.580. The number of hydrogen-bond donors (Lipinski definition) is 0. The summed E-state index contributed by atoms with van der Waals surface area (Å²) in [6.45, 7) is 0. The number of rotatable bonds is 3.